The predicted octanol–water partition coefficient (Wildman–Crippen LogP) is 5.34. The van der Waals surface area contributed by atoms with Gasteiger partial charge in [-0.1, -0.05) is 103 Å². The molecule has 29 heavy (non-hydrogen) atoms. The smallest absolute Gasteiger partial charge is 0.189 e. The first-order chi connectivity index (χ1) is 14.2. The van der Waals surface area contributed by atoms with Crippen molar-refractivity contribution >= 4 is 44.9 Å². The van der Waals surface area contributed by atoms with Gasteiger partial charge in [-0.05, 0) is 17.9 Å². The molecule has 1 aromatic heterocycles. The fraction of sp³-hybridized carbons (Fsp3) is 0.0385. The largest absolute Gasteiger partial charge is 0.307 e. The number of hydrogen-bond donors (Lipinski definition) is 0. The van der Waals surface area contributed by atoms with Crippen LogP contribution in [0, 0.1) is 6.92 Å². The number of aromatic nitrogens is 1. The Hall–Kier alpha value is -3.22. The fourth-order valence-electron chi connectivity index (χ4n) is 4.01. The molecule has 0 aliphatic rings. The van der Waals surface area contributed by atoms with E-state index in [1.807, 2.05) is 78.9 Å². The van der Waals surface area contributed by atoms with Gasteiger partial charge in [0, 0.05) is 21.4 Å². The standard InChI is InChI=1S/C26H20NOP/c1-19-11-10-18-23-22-16-8-9-17-24(22)26(27-25(19)23)29(28,20-12-4-2-5-13-20)21-14-6-3-7-15-21/h2-18H,1H3. The highest BCUT2D eigenvalue weighted by Crippen LogP contribution is 2.44. The Bertz CT molecular complexity index is 1330. The molecule has 0 spiro atoms. The van der Waals surface area contributed by atoms with Crippen molar-refractivity contribution in [1.29, 1.82) is 0 Å². The van der Waals surface area contributed by atoms with Crippen LogP contribution in [0.15, 0.2) is 103 Å². The van der Waals surface area contributed by atoms with Gasteiger partial charge in [-0.2, -0.15) is 0 Å². The number of fused-ring (bicyclic) bond motifs is 3. The third-order valence-corrected chi connectivity index (χ3v) is 8.44. The van der Waals surface area contributed by atoms with Crippen LogP contribution >= 0.6 is 7.14 Å². The molecule has 0 aliphatic carbocycles. The third kappa shape index (κ3) is 2.80. The van der Waals surface area contributed by atoms with Crippen molar-refractivity contribution in [1.82, 2.24) is 4.98 Å². The Labute approximate surface area is 170 Å². The van der Waals surface area contributed by atoms with Crippen LogP contribution in [0.5, 0.6) is 0 Å². The topological polar surface area (TPSA) is 30.0 Å². The highest BCUT2D eigenvalue weighted by atomic mass is 31.2. The summed E-state index contributed by atoms with van der Waals surface area (Å²) in [6, 6.07) is 33.9. The highest BCUT2D eigenvalue weighted by Gasteiger charge is 2.33. The normalized spacial score (nSPS) is 11.8. The molecule has 5 aromatic rings. The molecule has 0 fully saturated rings. The summed E-state index contributed by atoms with van der Waals surface area (Å²) in [5.41, 5.74) is 2.66. The summed E-state index contributed by atoms with van der Waals surface area (Å²) in [5.74, 6) is 0. The number of rotatable bonds is 3. The van der Waals surface area contributed by atoms with Crippen molar-refractivity contribution in [3.8, 4) is 0 Å². The number of aryl methyl sites for hydroxylation is 1. The van der Waals surface area contributed by atoms with E-state index in [4.69, 9.17) is 4.98 Å². The van der Waals surface area contributed by atoms with Gasteiger partial charge in [0.2, 0.25) is 0 Å². The minimum absolute atomic E-state index is 0.660. The van der Waals surface area contributed by atoms with Crippen LogP contribution in [0.3, 0.4) is 0 Å². The average Bonchev–Trinajstić information content (AvgIpc) is 2.79. The van der Waals surface area contributed by atoms with Crippen LogP contribution in [0.2, 0.25) is 0 Å². The lowest BCUT2D eigenvalue weighted by Crippen LogP contribution is -2.27. The van der Waals surface area contributed by atoms with Crippen molar-refractivity contribution in [2.24, 2.45) is 0 Å². The van der Waals surface area contributed by atoms with Gasteiger partial charge in [-0.3, -0.25) is 0 Å². The van der Waals surface area contributed by atoms with Crippen molar-refractivity contribution in [2.45, 2.75) is 6.92 Å². The maximum atomic E-state index is 14.9. The van der Waals surface area contributed by atoms with Gasteiger partial charge in [0.1, 0.15) is 5.44 Å². The first kappa shape index (κ1) is 17.8. The quantitative estimate of drug-likeness (QED) is 0.306. The van der Waals surface area contributed by atoms with E-state index in [1.165, 1.54) is 0 Å². The van der Waals surface area contributed by atoms with E-state index in [9.17, 15) is 4.57 Å². The SMILES string of the molecule is Cc1cccc2c1nc(P(=O)(c1ccccc1)c1ccccc1)c1ccccc12. The minimum atomic E-state index is -3.16. The zero-order chi connectivity index (χ0) is 19.8. The fourth-order valence-corrected chi connectivity index (χ4v) is 6.76. The molecule has 0 unspecified atom stereocenters. The summed E-state index contributed by atoms with van der Waals surface area (Å²) < 4.78 is 14.9. The van der Waals surface area contributed by atoms with Crippen molar-refractivity contribution in [3.05, 3.63) is 109 Å². The molecule has 0 atom stereocenters. The lowest BCUT2D eigenvalue weighted by molar-refractivity contribution is 0.592. The van der Waals surface area contributed by atoms with Gasteiger partial charge >= 0.3 is 0 Å². The zero-order valence-electron chi connectivity index (χ0n) is 16.1. The van der Waals surface area contributed by atoms with E-state index < -0.39 is 7.14 Å². The van der Waals surface area contributed by atoms with E-state index in [2.05, 4.69) is 31.2 Å². The molecule has 0 N–H and O–H groups in total. The molecule has 5 rings (SSSR count). The monoisotopic (exact) mass is 393 g/mol. The van der Waals surface area contributed by atoms with Gasteiger partial charge < -0.3 is 4.57 Å². The van der Waals surface area contributed by atoms with Gasteiger partial charge in [-0.25, -0.2) is 4.98 Å². The average molecular weight is 393 g/mol. The summed E-state index contributed by atoms with van der Waals surface area (Å²) in [5, 5.41) is 4.73. The molecule has 0 bridgehead atoms. The Morgan fingerprint density at radius 1 is 0.586 bits per heavy atom. The van der Waals surface area contributed by atoms with Crippen molar-refractivity contribution in [2.75, 3.05) is 0 Å². The van der Waals surface area contributed by atoms with Crippen LogP contribution in [0.25, 0.3) is 21.7 Å². The van der Waals surface area contributed by atoms with E-state index >= 15 is 0 Å². The van der Waals surface area contributed by atoms with Crippen molar-refractivity contribution < 1.29 is 4.57 Å². The van der Waals surface area contributed by atoms with Gasteiger partial charge in [-0.15, -0.1) is 0 Å². The number of hydrogen-bond acceptors (Lipinski definition) is 2. The molecule has 140 valence electrons. The van der Waals surface area contributed by atoms with E-state index in [0.29, 0.717) is 5.44 Å². The molecule has 0 radical (unpaired) electrons. The molecular formula is C26H20NOP. The zero-order valence-corrected chi connectivity index (χ0v) is 17.0. The number of nitrogens with zero attached hydrogens (tertiary/aromatic N) is 1. The predicted molar refractivity (Wildman–Crippen MR) is 123 cm³/mol. The molecule has 2 nitrogen and oxygen atoms in total. The first-order valence-corrected chi connectivity index (χ1v) is 11.4. The molecular weight excluding hydrogens is 373 g/mol. The molecule has 1 heterocycles. The maximum Gasteiger partial charge on any atom is 0.189 e. The number of pyridine rings is 1. The molecule has 0 saturated heterocycles. The van der Waals surface area contributed by atoms with Crippen LogP contribution in [-0.4, -0.2) is 4.98 Å². The van der Waals surface area contributed by atoms with Gasteiger partial charge in [0.05, 0.1) is 5.52 Å². The second-order valence-corrected chi connectivity index (χ2v) is 9.91. The van der Waals surface area contributed by atoms with Crippen LogP contribution in [-0.2, 0) is 4.57 Å². The Kier molecular flexibility index (Phi) is 4.30. The minimum Gasteiger partial charge on any atom is -0.307 e. The summed E-state index contributed by atoms with van der Waals surface area (Å²) in [4.78, 5) is 5.06. The van der Waals surface area contributed by atoms with Crippen LogP contribution < -0.4 is 16.0 Å². The summed E-state index contributed by atoms with van der Waals surface area (Å²) in [6.45, 7) is 2.06. The highest BCUT2D eigenvalue weighted by molar-refractivity contribution is 7.85. The molecule has 0 aliphatic heterocycles. The lowest BCUT2D eigenvalue weighted by atomic mass is 10.0. The summed E-state index contributed by atoms with van der Waals surface area (Å²) in [6.07, 6.45) is 0. The number of para-hydroxylation sites is 1. The van der Waals surface area contributed by atoms with Gasteiger partial charge in [0.25, 0.3) is 0 Å². The second kappa shape index (κ2) is 6.99. The molecule has 4 aromatic carbocycles. The molecule has 3 heteroatoms. The molecule has 0 amide bonds. The number of benzene rings is 4. The Balaban J connectivity index is 1.98. The molecule has 0 saturated carbocycles. The first-order valence-electron chi connectivity index (χ1n) is 9.69. The third-order valence-electron chi connectivity index (χ3n) is 5.45. The van der Waals surface area contributed by atoms with E-state index in [1.54, 1.807) is 0 Å². The summed E-state index contributed by atoms with van der Waals surface area (Å²) in [7, 11) is -3.16. The van der Waals surface area contributed by atoms with E-state index in [-0.39, 0.29) is 0 Å². The second-order valence-electron chi connectivity index (χ2n) is 7.23. The van der Waals surface area contributed by atoms with Gasteiger partial charge in [0.15, 0.2) is 7.14 Å². The van der Waals surface area contributed by atoms with Crippen molar-refractivity contribution in [3.63, 3.8) is 0 Å². The Morgan fingerprint density at radius 3 is 1.72 bits per heavy atom. The van der Waals surface area contributed by atoms with Crippen LogP contribution in [0.1, 0.15) is 5.56 Å². The Morgan fingerprint density at radius 2 is 1.10 bits per heavy atom. The lowest BCUT2D eigenvalue weighted by Gasteiger charge is -2.22. The summed E-state index contributed by atoms with van der Waals surface area (Å²) >= 11 is 0. The van der Waals surface area contributed by atoms with Crippen LogP contribution in [0.4, 0.5) is 0 Å². The van der Waals surface area contributed by atoms with E-state index in [0.717, 1.165) is 37.8 Å². The maximum absolute atomic E-state index is 14.9.